The van der Waals surface area contributed by atoms with E-state index in [0.717, 1.165) is 40.6 Å². The number of fused-ring (bicyclic) bond motifs is 5. The van der Waals surface area contributed by atoms with Gasteiger partial charge in [-0.3, -0.25) is 4.57 Å². The van der Waals surface area contributed by atoms with Crippen LogP contribution in [-0.4, -0.2) is 62.9 Å². The van der Waals surface area contributed by atoms with Gasteiger partial charge in [-0.1, -0.05) is 30.4 Å². The van der Waals surface area contributed by atoms with Gasteiger partial charge in [0.25, 0.3) is 0 Å². The standard InChI is InChI=1S/C22H22N4O3S/c1-2-29-22(27)17-14-26-18-6-4-3-5-15(18)12-25-13-16(11-19(25)20(26)23-17)21(30)24-7-9-28-10-8-24/h3-6,11,13-14H,2,7-10,12H2,1H3. The minimum absolute atomic E-state index is 0.300. The lowest BCUT2D eigenvalue weighted by Crippen LogP contribution is -2.40. The zero-order valence-electron chi connectivity index (χ0n) is 16.7. The average Bonchev–Trinajstić information content (AvgIpc) is 3.37. The highest BCUT2D eigenvalue weighted by molar-refractivity contribution is 7.80. The Hall–Kier alpha value is -2.97. The number of carbonyl (C=O) groups excluding carboxylic acids is 1. The Labute approximate surface area is 179 Å². The van der Waals surface area contributed by atoms with E-state index in [0.29, 0.717) is 37.9 Å². The molecule has 0 atom stereocenters. The Kier molecular flexibility index (Phi) is 4.88. The first-order chi connectivity index (χ1) is 14.7. The van der Waals surface area contributed by atoms with Crippen molar-refractivity contribution in [1.29, 1.82) is 0 Å². The third-order valence-corrected chi connectivity index (χ3v) is 5.95. The number of rotatable bonds is 3. The van der Waals surface area contributed by atoms with Crippen molar-refractivity contribution in [2.75, 3.05) is 32.9 Å². The predicted molar refractivity (Wildman–Crippen MR) is 116 cm³/mol. The molecule has 0 unspecified atom stereocenters. The third-order valence-electron chi connectivity index (χ3n) is 5.45. The highest BCUT2D eigenvalue weighted by atomic mass is 32.1. The molecule has 5 rings (SSSR count). The Morgan fingerprint density at radius 2 is 2.03 bits per heavy atom. The maximum atomic E-state index is 12.3. The molecule has 3 aromatic rings. The quantitative estimate of drug-likeness (QED) is 0.374. The van der Waals surface area contributed by atoms with E-state index < -0.39 is 5.97 Å². The Morgan fingerprint density at radius 1 is 1.23 bits per heavy atom. The van der Waals surface area contributed by atoms with Crippen molar-refractivity contribution in [1.82, 2.24) is 19.0 Å². The van der Waals surface area contributed by atoms with Crippen molar-refractivity contribution < 1.29 is 14.3 Å². The van der Waals surface area contributed by atoms with Crippen LogP contribution in [-0.2, 0) is 16.0 Å². The SMILES string of the molecule is CCOC(=O)c1cn2c(n1)-c1cc(C(=S)N3CCOCC3)cn1Cc1ccccc1-2. The minimum atomic E-state index is -0.419. The zero-order chi connectivity index (χ0) is 20.7. The number of ether oxygens (including phenoxy) is 2. The summed E-state index contributed by atoms with van der Waals surface area (Å²) < 4.78 is 14.8. The normalized spacial score (nSPS) is 15.0. The number of morpholine rings is 1. The van der Waals surface area contributed by atoms with Gasteiger partial charge in [-0.05, 0) is 24.6 Å². The Morgan fingerprint density at radius 3 is 2.83 bits per heavy atom. The first-order valence-electron chi connectivity index (χ1n) is 10.1. The van der Waals surface area contributed by atoms with Gasteiger partial charge in [0.15, 0.2) is 11.5 Å². The first-order valence-corrected chi connectivity index (χ1v) is 10.5. The third kappa shape index (κ3) is 3.22. The number of carbonyl (C=O) groups is 1. The molecule has 8 heteroatoms. The molecule has 1 fully saturated rings. The van der Waals surface area contributed by atoms with Crippen molar-refractivity contribution in [3.63, 3.8) is 0 Å². The van der Waals surface area contributed by atoms with E-state index in [4.69, 9.17) is 21.7 Å². The molecule has 0 N–H and O–H groups in total. The highest BCUT2D eigenvalue weighted by Gasteiger charge is 2.26. The smallest absolute Gasteiger partial charge is 0.358 e. The number of imidazole rings is 1. The second-order valence-corrected chi connectivity index (χ2v) is 7.70. The van der Waals surface area contributed by atoms with Crippen molar-refractivity contribution >= 4 is 23.2 Å². The number of benzene rings is 1. The van der Waals surface area contributed by atoms with Crippen LogP contribution in [0, 0.1) is 0 Å². The number of thiocarbonyl (C=S) groups is 1. The number of para-hydroxylation sites is 1. The van der Waals surface area contributed by atoms with E-state index in [-0.39, 0.29) is 0 Å². The van der Waals surface area contributed by atoms with Crippen molar-refractivity contribution in [3.05, 3.63) is 59.5 Å². The van der Waals surface area contributed by atoms with Gasteiger partial charge in [0.2, 0.25) is 0 Å². The summed E-state index contributed by atoms with van der Waals surface area (Å²) in [5.74, 6) is 0.289. The van der Waals surface area contributed by atoms with Crippen LogP contribution >= 0.6 is 12.2 Å². The van der Waals surface area contributed by atoms with Gasteiger partial charge in [-0.15, -0.1) is 0 Å². The molecule has 0 amide bonds. The maximum absolute atomic E-state index is 12.3. The second-order valence-electron chi connectivity index (χ2n) is 7.32. The first kappa shape index (κ1) is 19.0. The molecule has 0 saturated carbocycles. The largest absolute Gasteiger partial charge is 0.461 e. The molecule has 2 aromatic heterocycles. The van der Waals surface area contributed by atoms with Gasteiger partial charge in [0.1, 0.15) is 4.99 Å². The number of hydrogen-bond donors (Lipinski definition) is 0. The Balaban J connectivity index is 1.61. The van der Waals surface area contributed by atoms with Crippen LogP contribution < -0.4 is 0 Å². The average molecular weight is 423 g/mol. The molecule has 0 spiro atoms. The van der Waals surface area contributed by atoms with Crippen molar-refractivity contribution in [2.45, 2.75) is 13.5 Å². The lowest BCUT2D eigenvalue weighted by molar-refractivity contribution is 0.0520. The van der Waals surface area contributed by atoms with Gasteiger partial charge < -0.3 is 18.9 Å². The summed E-state index contributed by atoms with van der Waals surface area (Å²) in [5.41, 5.74) is 4.36. The Bertz CT molecular complexity index is 1130. The van der Waals surface area contributed by atoms with Gasteiger partial charge >= 0.3 is 5.97 Å². The van der Waals surface area contributed by atoms with Gasteiger partial charge in [0, 0.05) is 37.6 Å². The fourth-order valence-electron chi connectivity index (χ4n) is 4.01. The van der Waals surface area contributed by atoms with E-state index >= 15 is 0 Å². The fraction of sp³-hybridized carbons (Fsp3) is 0.318. The summed E-state index contributed by atoms with van der Waals surface area (Å²) in [4.78, 5) is 20.0. The molecular weight excluding hydrogens is 400 g/mol. The van der Waals surface area contributed by atoms with E-state index in [1.807, 2.05) is 22.8 Å². The van der Waals surface area contributed by atoms with Gasteiger partial charge in [0.05, 0.1) is 31.2 Å². The summed E-state index contributed by atoms with van der Waals surface area (Å²) in [6.07, 6.45) is 3.84. The molecular formula is C22H22N4O3S. The summed E-state index contributed by atoms with van der Waals surface area (Å²) >= 11 is 5.78. The minimum Gasteiger partial charge on any atom is -0.461 e. The van der Waals surface area contributed by atoms with Crippen molar-refractivity contribution in [3.8, 4) is 17.2 Å². The highest BCUT2D eigenvalue weighted by Crippen LogP contribution is 2.32. The zero-order valence-corrected chi connectivity index (χ0v) is 17.5. The number of esters is 1. The maximum Gasteiger partial charge on any atom is 0.358 e. The van der Waals surface area contributed by atoms with Crippen LogP contribution in [0.15, 0.2) is 42.7 Å². The number of nitrogens with zero attached hydrogens (tertiary/aromatic N) is 4. The lowest BCUT2D eigenvalue weighted by atomic mass is 10.1. The van der Waals surface area contributed by atoms with Crippen LogP contribution in [0.1, 0.15) is 28.5 Å². The monoisotopic (exact) mass is 422 g/mol. The molecule has 30 heavy (non-hydrogen) atoms. The summed E-state index contributed by atoms with van der Waals surface area (Å²) in [6, 6.07) is 10.2. The van der Waals surface area contributed by atoms with Crippen LogP contribution in [0.4, 0.5) is 0 Å². The molecule has 1 saturated heterocycles. The summed E-state index contributed by atoms with van der Waals surface area (Å²) in [7, 11) is 0. The van der Waals surface area contributed by atoms with E-state index in [2.05, 4.69) is 32.8 Å². The summed E-state index contributed by atoms with van der Waals surface area (Å²) in [5, 5.41) is 0. The molecule has 0 aliphatic carbocycles. The van der Waals surface area contributed by atoms with Crippen LogP contribution in [0.3, 0.4) is 0 Å². The van der Waals surface area contributed by atoms with Crippen molar-refractivity contribution in [2.24, 2.45) is 0 Å². The number of aromatic nitrogens is 3. The molecule has 0 radical (unpaired) electrons. The van der Waals surface area contributed by atoms with E-state index in [1.54, 1.807) is 13.1 Å². The second kappa shape index (κ2) is 7.70. The van der Waals surface area contributed by atoms with Crippen LogP contribution in [0.25, 0.3) is 17.2 Å². The topological polar surface area (TPSA) is 61.5 Å². The van der Waals surface area contributed by atoms with Gasteiger partial charge in [-0.2, -0.15) is 0 Å². The predicted octanol–water partition coefficient (Wildman–Crippen LogP) is 2.89. The number of hydrogen-bond acceptors (Lipinski definition) is 5. The molecule has 4 heterocycles. The van der Waals surface area contributed by atoms with Gasteiger partial charge in [-0.25, -0.2) is 9.78 Å². The van der Waals surface area contributed by atoms with Crippen LogP contribution in [0.2, 0.25) is 0 Å². The summed E-state index contributed by atoms with van der Waals surface area (Å²) in [6.45, 7) is 5.77. The molecule has 2 aliphatic rings. The van der Waals surface area contributed by atoms with E-state index in [1.165, 1.54) is 0 Å². The molecule has 1 aromatic carbocycles. The van der Waals surface area contributed by atoms with E-state index in [9.17, 15) is 4.79 Å². The molecule has 2 aliphatic heterocycles. The molecule has 0 bridgehead atoms. The lowest BCUT2D eigenvalue weighted by Gasteiger charge is -2.28. The fourth-order valence-corrected chi connectivity index (χ4v) is 4.30. The molecule has 154 valence electrons. The van der Waals surface area contributed by atoms with Crippen LogP contribution in [0.5, 0.6) is 0 Å². The molecule has 7 nitrogen and oxygen atoms in total.